The van der Waals surface area contributed by atoms with E-state index in [0.29, 0.717) is 5.56 Å². The fourth-order valence-electron chi connectivity index (χ4n) is 1.80. The van der Waals surface area contributed by atoms with Crippen LogP contribution in [0.2, 0.25) is 0 Å². The van der Waals surface area contributed by atoms with Crippen molar-refractivity contribution in [2.45, 2.75) is 45.6 Å². The van der Waals surface area contributed by atoms with E-state index in [4.69, 9.17) is 4.74 Å². The molecule has 0 radical (unpaired) electrons. The van der Waals surface area contributed by atoms with Gasteiger partial charge < -0.3 is 9.47 Å². The molecule has 24 heavy (non-hydrogen) atoms. The molecule has 0 N–H and O–H groups in total. The first-order chi connectivity index (χ1) is 10.9. The summed E-state index contributed by atoms with van der Waals surface area (Å²) in [6, 6.07) is 2.55. The van der Waals surface area contributed by atoms with Crippen molar-refractivity contribution in [1.29, 1.82) is 0 Å². The molecule has 1 aromatic heterocycles. The van der Waals surface area contributed by atoms with Crippen LogP contribution in [0.25, 0.3) is 6.08 Å². The summed E-state index contributed by atoms with van der Waals surface area (Å²) in [6.07, 6.45) is 2.26. The third-order valence-corrected chi connectivity index (χ3v) is 2.78. The Morgan fingerprint density at radius 1 is 1.21 bits per heavy atom. The normalized spacial score (nSPS) is 12.7. The maximum atomic E-state index is 13.1. The summed E-state index contributed by atoms with van der Waals surface area (Å²) < 4.78 is 36.1. The molecule has 0 saturated heterocycles. The van der Waals surface area contributed by atoms with E-state index in [2.05, 4.69) is 9.72 Å². The number of esters is 2. The molecule has 1 rings (SSSR count). The standard InChI is InChI=1S/C17H21F2NO4/c1-16(2,3)24-14(21)9-12(15(22)23-5)8-11-6-7-13(20-10-11)17(4,18)19/h6-8,10H,9H2,1-5H3/b12-8+. The number of nitrogens with zero attached hydrogens (tertiary/aromatic N) is 1. The van der Waals surface area contributed by atoms with Crippen LogP contribution < -0.4 is 0 Å². The van der Waals surface area contributed by atoms with Crippen LogP contribution in [0.3, 0.4) is 0 Å². The largest absolute Gasteiger partial charge is 0.466 e. The number of carbonyl (C=O) groups is 2. The summed E-state index contributed by atoms with van der Waals surface area (Å²) in [4.78, 5) is 27.3. The molecule has 0 unspecified atom stereocenters. The summed E-state index contributed by atoms with van der Waals surface area (Å²) in [7, 11) is 1.18. The number of rotatable bonds is 5. The zero-order valence-corrected chi connectivity index (χ0v) is 14.4. The van der Waals surface area contributed by atoms with E-state index in [0.717, 1.165) is 13.0 Å². The first-order valence-corrected chi connectivity index (χ1v) is 7.27. The second-order valence-electron chi connectivity index (χ2n) is 6.29. The first-order valence-electron chi connectivity index (χ1n) is 7.27. The third kappa shape index (κ3) is 6.44. The summed E-state index contributed by atoms with van der Waals surface area (Å²) in [5.74, 6) is -4.35. The molecule has 0 saturated carbocycles. The molecule has 7 heteroatoms. The van der Waals surface area contributed by atoms with Crippen LogP contribution in [-0.2, 0) is 25.0 Å². The van der Waals surface area contributed by atoms with Crippen LogP contribution in [-0.4, -0.2) is 29.6 Å². The molecule has 0 aliphatic carbocycles. The number of hydrogen-bond acceptors (Lipinski definition) is 5. The van der Waals surface area contributed by atoms with Crippen molar-refractivity contribution in [2.75, 3.05) is 7.11 Å². The van der Waals surface area contributed by atoms with Crippen LogP contribution >= 0.6 is 0 Å². The second kappa shape index (κ2) is 7.51. The Kier molecular flexibility index (Phi) is 6.17. The molecule has 5 nitrogen and oxygen atoms in total. The highest BCUT2D eigenvalue weighted by Gasteiger charge is 2.26. The number of ether oxygens (including phenoxy) is 2. The zero-order chi connectivity index (χ0) is 18.5. The van der Waals surface area contributed by atoms with Gasteiger partial charge >= 0.3 is 11.9 Å². The van der Waals surface area contributed by atoms with Gasteiger partial charge in [0.1, 0.15) is 11.3 Å². The van der Waals surface area contributed by atoms with Gasteiger partial charge in [-0.3, -0.25) is 9.78 Å². The quantitative estimate of drug-likeness (QED) is 0.606. The van der Waals surface area contributed by atoms with Crippen LogP contribution in [0, 0.1) is 0 Å². The van der Waals surface area contributed by atoms with E-state index >= 15 is 0 Å². The minimum absolute atomic E-state index is 0.0459. The minimum atomic E-state index is -3.05. The lowest BCUT2D eigenvalue weighted by atomic mass is 10.1. The molecule has 0 bridgehead atoms. The molecule has 132 valence electrons. The molecule has 1 aromatic rings. The molecular formula is C17H21F2NO4. The van der Waals surface area contributed by atoms with Gasteiger partial charge in [0.2, 0.25) is 0 Å². The van der Waals surface area contributed by atoms with Gasteiger partial charge in [0.15, 0.2) is 0 Å². The van der Waals surface area contributed by atoms with Crippen molar-refractivity contribution in [3.8, 4) is 0 Å². The average molecular weight is 341 g/mol. The predicted octanol–water partition coefficient (Wildman–Crippen LogP) is 3.48. The topological polar surface area (TPSA) is 65.5 Å². The van der Waals surface area contributed by atoms with E-state index < -0.39 is 23.5 Å². The van der Waals surface area contributed by atoms with Crippen molar-refractivity contribution in [2.24, 2.45) is 0 Å². The van der Waals surface area contributed by atoms with Gasteiger partial charge in [-0.05, 0) is 38.5 Å². The molecular weight excluding hydrogens is 320 g/mol. The monoisotopic (exact) mass is 341 g/mol. The molecule has 0 aliphatic heterocycles. The number of methoxy groups -OCH3 is 1. The van der Waals surface area contributed by atoms with Gasteiger partial charge in [0, 0.05) is 18.7 Å². The molecule has 0 fully saturated rings. The second-order valence-corrected chi connectivity index (χ2v) is 6.29. The lowest BCUT2D eigenvalue weighted by molar-refractivity contribution is -0.155. The van der Waals surface area contributed by atoms with E-state index in [9.17, 15) is 18.4 Å². The summed E-state index contributed by atoms with van der Waals surface area (Å²) in [5, 5.41) is 0. The van der Waals surface area contributed by atoms with Gasteiger partial charge in [-0.15, -0.1) is 0 Å². The summed E-state index contributed by atoms with van der Waals surface area (Å²) >= 11 is 0. The fraction of sp³-hybridized carbons (Fsp3) is 0.471. The first kappa shape index (κ1) is 19.7. The SMILES string of the molecule is COC(=O)/C(=C/c1ccc(C(C)(F)F)nc1)CC(=O)OC(C)(C)C. The number of alkyl halides is 2. The van der Waals surface area contributed by atoms with Crippen LogP contribution in [0.5, 0.6) is 0 Å². The Hall–Kier alpha value is -2.31. The molecule has 0 spiro atoms. The van der Waals surface area contributed by atoms with Crippen molar-refractivity contribution in [3.05, 3.63) is 35.2 Å². The number of hydrogen-bond donors (Lipinski definition) is 0. The maximum Gasteiger partial charge on any atom is 0.334 e. The Bertz CT molecular complexity index is 625. The smallest absolute Gasteiger partial charge is 0.334 e. The average Bonchev–Trinajstić information content (AvgIpc) is 2.43. The van der Waals surface area contributed by atoms with Gasteiger partial charge in [-0.2, -0.15) is 8.78 Å². The predicted molar refractivity (Wildman–Crippen MR) is 84.3 cm³/mol. The summed E-state index contributed by atoms with van der Waals surface area (Å²) in [6.45, 7) is 5.87. The maximum absolute atomic E-state index is 13.1. The van der Waals surface area contributed by atoms with Gasteiger partial charge in [0.05, 0.1) is 13.5 Å². The van der Waals surface area contributed by atoms with Crippen LogP contribution in [0.1, 0.15) is 45.4 Å². The van der Waals surface area contributed by atoms with Gasteiger partial charge in [-0.25, -0.2) is 4.79 Å². The van der Waals surface area contributed by atoms with Crippen molar-refractivity contribution in [1.82, 2.24) is 4.98 Å². The Morgan fingerprint density at radius 2 is 1.83 bits per heavy atom. The van der Waals surface area contributed by atoms with Crippen molar-refractivity contribution < 1.29 is 27.8 Å². The number of pyridine rings is 1. The number of halogens is 2. The van der Waals surface area contributed by atoms with E-state index in [1.807, 2.05) is 0 Å². The van der Waals surface area contributed by atoms with Crippen molar-refractivity contribution in [3.63, 3.8) is 0 Å². The zero-order valence-electron chi connectivity index (χ0n) is 14.4. The third-order valence-electron chi connectivity index (χ3n) is 2.78. The Balaban J connectivity index is 3.02. The summed E-state index contributed by atoms with van der Waals surface area (Å²) in [5.41, 5.74) is -0.628. The minimum Gasteiger partial charge on any atom is -0.466 e. The van der Waals surface area contributed by atoms with Crippen molar-refractivity contribution >= 4 is 18.0 Å². The fourth-order valence-corrected chi connectivity index (χ4v) is 1.80. The van der Waals surface area contributed by atoms with Crippen LogP contribution in [0.15, 0.2) is 23.9 Å². The molecule has 1 heterocycles. The van der Waals surface area contributed by atoms with E-state index in [1.54, 1.807) is 20.8 Å². The van der Waals surface area contributed by atoms with E-state index in [1.165, 1.54) is 25.4 Å². The van der Waals surface area contributed by atoms with E-state index in [-0.39, 0.29) is 17.7 Å². The lowest BCUT2D eigenvalue weighted by Gasteiger charge is -2.19. The Morgan fingerprint density at radius 3 is 2.25 bits per heavy atom. The van der Waals surface area contributed by atoms with Gasteiger partial charge in [0.25, 0.3) is 5.92 Å². The van der Waals surface area contributed by atoms with Gasteiger partial charge in [-0.1, -0.05) is 6.07 Å². The highest BCUT2D eigenvalue weighted by atomic mass is 19.3. The van der Waals surface area contributed by atoms with Crippen LogP contribution in [0.4, 0.5) is 8.78 Å². The molecule has 0 aromatic carbocycles. The lowest BCUT2D eigenvalue weighted by Crippen LogP contribution is -2.25. The Labute approximate surface area is 139 Å². The molecule has 0 aliphatic rings. The highest BCUT2D eigenvalue weighted by molar-refractivity contribution is 5.98. The highest BCUT2D eigenvalue weighted by Crippen LogP contribution is 2.25. The number of aromatic nitrogens is 1. The number of carbonyl (C=O) groups excluding carboxylic acids is 2. The molecule has 0 amide bonds. The molecule has 0 atom stereocenters.